The van der Waals surface area contributed by atoms with Gasteiger partial charge >= 0.3 is 0 Å². The Morgan fingerprint density at radius 1 is 1.30 bits per heavy atom. The monoisotopic (exact) mass is 395 g/mol. The van der Waals surface area contributed by atoms with Crippen molar-refractivity contribution in [1.29, 1.82) is 0 Å². The van der Waals surface area contributed by atoms with Crippen LogP contribution >= 0.6 is 27.3 Å². The first-order valence-corrected chi connectivity index (χ1v) is 9.88. The van der Waals surface area contributed by atoms with E-state index in [4.69, 9.17) is 0 Å². The van der Waals surface area contributed by atoms with Crippen LogP contribution in [0.4, 0.5) is 10.8 Å². The van der Waals surface area contributed by atoms with Crippen molar-refractivity contribution < 1.29 is 4.79 Å². The number of rotatable bonds is 4. The number of aromatic nitrogens is 1. The van der Waals surface area contributed by atoms with Crippen molar-refractivity contribution in [2.75, 3.05) is 23.3 Å². The van der Waals surface area contributed by atoms with Gasteiger partial charge in [-0.25, -0.2) is 4.98 Å². The normalized spacial score (nSPS) is 16.8. The molecule has 1 aliphatic heterocycles. The third-order valence-electron chi connectivity index (χ3n) is 4.16. The topological polar surface area (TPSA) is 45.2 Å². The molecule has 3 rings (SSSR count). The molecule has 1 unspecified atom stereocenters. The molecule has 0 saturated carbocycles. The third-order valence-corrected chi connectivity index (χ3v) is 6.57. The maximum Gasteiger partial charge on any atom is 0.240 e. The highest BCUT2D eigenvalue weighted by Crippen LogP contribution is 2.31. The first-order valence-electron chi connectivity index (χ1n) is 8.15. The Balaban J connectivity index is 1.77. The Bertz CT molecular complexity index is 694. The van der Waals surface area contributed by atoms with Gasteiger partial charge in [-0.1, -0.05) is 41.1 Å². The lowest BCUT2D eigenvalue weighted by Crippen LogP contribution is -2.29. The summed E-state index contributed by atoms with van der Waals surface area (Å²) in [4.78, 5) is 18.9. The second kappa shape index (κ2) is 7.18. The summed E-state index contributed by atoms with van der Waals surface area (Å²) >= 11 is 4.97. The molecule has 1 fully saturated rings. The molecule has 1 atom stereocenters. The van der Waals surface area contributed by atoms with Gasteiger partial charge in [-0.2, -0.15) is 0 Å². The molecular formula is C17H22BrN3OS. The molecule has 0 spiro atoms. The molecular weight excluding hydrogens is 374 g/mol. The van der Waals surface area contributed by atoms with E-state index < -0.39 is 0 Å². The van der Waals surface area contributed by atoms with E-state index >= 15 is 0 Å². The molecule has 1 aliphatic rings. The predicted octanol–water partition coefficient (Wildman–Crippen LogP) is 4.64. The molecule has 1 aromatic heterocycles. The molecule has 4 nitrogen and oxygen atoms in total. The van der Waals surface area contributed by atoms with Gasteiger partial charge in [0, 0.05) is 18.8 Å². The van der Waals surface area contributed by atoms with E-state index in [0.29, 0.717) is 5.13 Å². The van der Waals surface area contributed by atoms with Crippen LogP contribution in [0, 0.1) is 5.92 Å². The van der Waals surface area contributed by atoms with Crippen LogP contribution < -0.4 is 10.2 Å². The summed E-state index contributed by atoms with van der Waals surface area (Å²) in [5.74, 6) is 0.213. The summed E-state index contributed by atoms with van der Waals surface area (Å²) in [6.45, 7) is 6.30. The highest BCUT2D eigenvalue weighted by molar-refractivity contribution is 9.10. The Labute approximate surface area is 149 Å². The molecule has 1 saturated heterocycles. The van der Waals surface area contributed by atoms with Crippen molar-refractivity contribution in [1.82, 2.24) is 4.98 Å². The third kappa shape index (κ3) is 3.86. The number of fused-ring (bicyclic) bond motifs is 1. The lowest BCUT2D eigenvalue weighted by atomic mass is 10.1. The zero-order valence-electron chi connectivity index (χ0n) is 13.5. The summed E-state index contributed by atoms with van der Waals surface area (Å²) in [7, 11) is 0. The Morgan fingerprint density at radius 2 is 2.04 bits per heavy atom. The second-order valence-electron chi connectivity index (χ2n) is 6.35. The van der Waals surface area contributed by atoms with Crippen LogP contribution in [0.5, 0.6) is 0 Å². The van der Waals surface area contributed by atoms with Gasteiger partial charge in [-0.15, -0.1) is 0 Å². The minimum absolute atomic E-state index is 0.0321. The van der Waals surface area contributed by atoms with Crippen LogP contribution in [-0.2, 0) is 4.79 Å². The number of nitrogens with one attached hydrogen (secondary N) is 1. The van der Waals surface area contributed by atoms with Gasteiger partial charge in [-0.3, -0.25) is 4.79 Å². The highest BCUT2D eigenvalue weighted by atomic mass is 79.9. The van der Waals surface area contributed by atoms with Crippen LogP contribution in [-0.4, -0.2) is 28.8 Å². The number of nitrogens with zero attached hydrogens (tertiary/aromatic N) is 2. The fraction of sp³-hybridized carbons (Fsp3) is 0.529. The fourth-order valence-electron chi connectivity index (χ4n) is 2.79. The Kier molecular flexibility index (Phi) is 5.21. The van der Waals surface area contributed by atoms with Crippen molar-refractivity contribution in [2.45, 2.75) is 37.9 Å². The van der Waals surface area contributed by atoms with Gasteiger partial charge in [-0.05, 0) is 43.4 Å². The molecule has 0 radical (unpaired) electrons. The molecule has 2 aromatic rings. The lowest BCUT2D eigenvalue weighted by Gasteiger charge is -2.28. The van der Waals surface area contributed by atoms with Crippen LogP contribution in [0.1, 0.15) is 33.1 Å². The molecule has 124 valence electrons. The number of amides is 1. The average molecular weight is 396 g/mol. The van der Waals surface area contributed by atoms with E-state index in [0.717, 1.165) is 23.3 Å². The summed E-state index contributed by atoms with van der Waals surface area (Å²) in [6.07, 6.45) is 3.87. The van der Waals surface area contributed by atoms with E-state index in [1.54, 1.807) is 11.3 Å². The van der Waals surface area contributed by atoms with Crippen molar-refractivity contribution in [3.63, 3.8) is 0 Å². The first-order chi connectivity index (χ1) is 11.0. The molecule has 1 aromatic carbocycles. The minimum atomic E-state index is -0.196. The average Bonchev–Trinajstić information content (AvgIpc) is 2.95. The number of carbonyl (C=O) groups is 1. The van der Waals surface area contributed by atoms with Gasteiger partial charge in [0.25, 0.3) is 0 Å². The number of benzene rings is 1. The lowest BCUT2D eigenvalue weighted by molar-refractivity contribution is -0.116. The maximum absolute atomic E-state index is 12.1. The van der Waals surface area contributed by atoms with E-state index in [1.807, 2.05) is 13.8 Å². The van der Waals surface area contributed by atoms with Crippen LogP contribution in [0.25, 0.3) is 10.2 Å². The van der Waals surface area contributed by atoms with Crippen LogP contribution in [0.15, 0.2) is 18.2 Å². The largest absolute Gasteiger partial charge is 0.371 e. The second-order valence-corrected chi connectivity index (χ2v) is 8.37. The number of thiazole rings is 1. The summed E-state index contributed by atoms with van der Waals surface area (Å²) in [5.41, 5.74) is 2.21. The summed E-state index contributed by atoms with van der Waals surface area (Å²) in [5, 5.41) is 3.59. The van der Waals surface area contributed by atoms with Crippen LogP contribution in [0.2, 0.25) is 0 Å². The van der Waals surface area contributed by atoms with Crippen molar-refractivity contribution in [3.8, 4) is 0 Å². The highest BCUT2D eigenvalue weighted by Gasteiger charge is 2.20. The predicted molar refractivity (Wildman–Crippen MR) is 102 cm³/mol. The van der Waals surface area contributed by atoms with E-state index in [-0.39, 0.29) is 16.7 Å². The zero-order valence-corrected chi connectivity index (χ0v) is 15.9. The van der Waals surface area contributed by atoms with Gasteiger partial charge in [0.1, 0.15) is 0 Å². The number of halogens is 1. The van der Waals surface area contributed by atoms with Gasteiger partial charge in [0.05, 0.1) is 15.0 Å². The zero-order chi connectivity index (χ0) is 16.4. The smallest absolute Gasteiger partial charge is 0.240 e. The first kappa shape index (κ1) is 16.7. The van der Waals surface area contributed by atoms with Crippen molar-refractivity contribution in [2.24, 2.45) is 5.92 Å². The molecule has 0 bridgehead atoms. The molecule has 1 amide bonds. The van der Waals surface area contributed by atoms with Crippen LogP contribution in [0.3, 0.4) is 0 Å². The molecule has 6 heteroatoms. The quantitative estimate of drug-likeness (QED) is 0.766. The standard InChI is InChI=1S/C17H22BrN3OS/c1-11(2)15(18)16(22)20-17-19-13-7-6-12(10-14(13)23-17)21-8-4-3-5-9-21/h6-7,10-11,15H,3-5,8-9H2,1-2H3,(H,19,20,22). The number of anilines is 2. The Hall–Kier alpha value is -1.14. The number of carbonyl (C=O) groups excluding carboxylic acids is 1. The maximum atomic E-state index is 12.1. The SMILES string of the molecule is CC(C)C(Br)C(=O)Nc1nc2ccc(N3CCCCC3)cc2s1. The minimum Gasteiger partial charge on any atom is -0.371 e. The molecule has 23 heavy (non-hydrogen) atoms. The molecule has 2 heterocycles. The number of alkyl halides is 1. The number of piperidine rings is 1. The van der Waals surface area contributed by atoms with Crippen molar-refractivity contribution in [3.05, 3.63) is 18.2 Å². The van der Waals surface area contributed by atoms with Gasteiger partial charge < -0.3 is 10.2 Å². The van der Waals surface area contributed by atoms with Crippen molar-refractivity contribution >= 4 is 54.2 Å². The number of hydrogen-bond acceptors (Lipinski definition) is 4. The summed E-state index contributed by atoms with van der Waals surface area (Å²) in [6, 6.07) is 6.39. The molecule has 0 aliphatic carbocycles. The fourth-order valence-corrected chi connectivity index (χ4v) is 3.81. The van der Waals surface area contributed by atoms with E-state index in [1.165, 1.54) is 24.9 Å². The molecule has 1 N–H and O–H groups in total. The summed E-state index contributed by atoms with van der Waals surface area (Å²) < 4.78 is 1.12. The Morgan fingerprint density at radius 3 is 2.74 bits per heavy atom. The number of hydrogen-bond donors (Lipinski definition) is 1. The van der Waals surface area contributed by atoms with E-state index in [2.05, 4.69) is 49.3 Å². The van der Waals surface area contributed by atoms with Gasteiger partial charge in [0.15, 0.2) is 5.13 Å². The van der Waals surface area contributed by atoms with E-state index in [9.17, 15) is 4.79 Å². The van der Waals surface area contributed by atoms with Gasteiger partial charge in [0.2, 0.25) is 5.91 Å².